The molecule has 4 aliphatic rings. The summed E-state index contributed by atoms with van der Waals surface area (Å²) in [6.07, 6.45) is 13.1. The van der Waals surface area contributed by atoms with E-state index in [0.717, 1.165) is 12.3 Å². The third-order valence-corrected chi connectivity index (χ3v) is 10.4. The Morgan fingerprint density at radius 3 is 2.00 bits per heavy atom. The van der Waals surface area contributed by atoms with Crippen LogP contribution in [0.15, 0.2) is 174 Å². The second kappa shape index (κ2) is 10.4. The van der Waals surface area contributed by atoms with Crippen LogP contribution in [0, 0.1) is 5.92 Å². The summed E-state index contributed by atoms with van der Waals surface area (Å²) in [5, 5.41) is 5.10. The van der Waals surface area contributed by atoms with Crippen molar-refractivity contribution >= 4 is 44.2 Å². The standard InChI is InChI=1S/C45H32N2/c1-3-11-31-23-33(19-17-29(31)9-1)36-25-37(34-20-18-30-10-2-4-12-32(30)24-34)27-38(26-36)35-21-22-44-42(28-35)46-45-41-15-6-5-13-39(41)40-14-7-8-16-43(40)47(44)45/h1-26,28,38,42,44H,27H2/t38?,42?,44-/m1/s1. The van der Waals surface area contributed by atoms with Crippen molar-refractivity contribution in [3.8, 4) is 11.1 Å². The van der Waals surface area contributed by atoms with Crippen LogP contribution in [0.25, 0.3) is 43.8 Å². The van der Waals surface area contributed by atoms with Crippen LogP contribution in [-0.4, -0.2) is 17.9 Å². The Kier molecular flexibility index (Phi) is 5.86. The van der Waals surface area contributed by atoms with Gasteiger partial charge in [-0.25, -0.2) is 0 Å². The molecule has 2 heteroatoms. The Morgan fingerprint density at radius 2 is 1.21 bits per heavy atom. The number of nitrogens with zero attached hydrogens (tertiary/aromatic N) is 2. The third kappa shape index (κ3) is 4.29. The van der Waals surface area contributed by atoms with Gasteiger partial charge in [0.15, 0.2) is 0 Å². The SMILES string of the molecule is C1=C[C@@H]2C(C=C1C1C=C(c3ccc4ccccc4c3)C=C(c3ccc4ccccc4c3)C1)N=C1c3ccccc3-c3ccccc3N12. The molecule has 2 aliphatic heterocycles. The highest BCUT2D eigenvalue weighted by Crippen LogP contribution is 2.46. The quantitative estimate of drug-likeness (QED) is 0.197. The van der Waals surface area contributed by atoms with E-state index in [1.54, 1.807) is 0 Å². The fraction of sp³-hybridized carbons (Fsp3) is 0.0889. The van der Waals surface area contributed by atoms with Crippen LogP contribution in [0.5, 0.6) is 0 Å². The smallest absolute Gasteiger partial charge is 0.137 e. The van der Waals surface area contributed by atoms with Gasteiger partial charge in [-0.05, 0) is 79.6 Å². The molecule has 10 rings (SSSR count). The van der Waals surface area contributed by atoms with E-state index in [1.165, 1.54) is 71.8 Å². The summed E-state index contributed by atoms with van der Waals surface area (Å²) in [4.78, 5) is 7.88. The zero-order chi connectivity index (χ0) is 30.9. The van der Waals surface area contributed by atoms with Gasteiger partial charge in [-0.3, -0.25) is 4.99 Å². The topological polar surface area (TPSA) is 15.6 Å². The van der Waals surface area contributed by atoms with Crippen molar-refractivity contribution in [2.24, 2.45) is 10.9 Å². The van der Waals surface area contributed by atoms with Crippen LogP contribution in [0.4, 0.5) is 5.69 Å². The van der Waals surface area contributed by atoms with Crippen molar-refractivity contribution in [3.63, 3.8) is 0 Å². The minimum Gasteiger partial charge on any atom is -0.316 e. The highest BCUT2D eigenvalue weighted by molar-refractivity contribution is 6.20. The maximum atomic E-state index is 5.42. The number of allylic oxidation sites excluding steroid dienone is 6. The minimum absolute atomic E-state index is 0.0664. The zero-order valence-corrected chi connectivity index (χ0v) is 25.9. The number of hydrogen-bond donors (Lipinski definition) is 0. The van der Waals surface area contributed by atoms with E-state index in [9.17, 15) is 0 Å². The number of rotatable bonds is 3. The average Bonchev–Trinajstić information content (AvgIpc) is 3.54. The van der Waals surface area contributed by atoms with E-state index in [4.69, 9.17) is 4.99 Å². The van der Waals surface area contributed by atoms with Gasteiger partial charge < -0.3 is 4.90 Å². The maximum Gasteiger partial charge on any atom is 0.137 e. The van der Waals surface area contributed by atoms with Gasteiger partial charge in [0.2, 0.25) is 0 Å². The maximum absolute atomic E-state index is 5.42. The molecule has 0 saturated carbocycles. The third-order valence-electron chi connectivity index (χ3n) is 10.4. The molecule has 0 N–H and O–H groups in total. The molecule has 2 aliphatic carbocycles. The van der Waals surface area contributed by atoms with Gasteiger partial charge in [-0.1, -0.05) is 146 Å². The van der Waals surface area contributed by atoms with Crippen LogP contribution >= 0.6 is 0 Å². The van der Waals surface area contributed by atoms with Crippen molar-refractivity contribution in [2.75, 3.05) is 4.90 Å². The molecule has 222 valence electrons. The summed E-state index contributed by atoms with van der Waals surface area (Å²) in [5.41, 5.74) is 11.6. The van der Waals surface area contributed by atoms with E-state index in [1.807, 2.05) is 0 Å². The molecule has 0 saturated heterocycles. The van der Waals surface area contributed by atoms with E-state index in [-0.39, 0.29) is 18.0 Å². The first kappa shape index (κ1) is 26.5. The van der Waals surface area contributed by atoms with E-state index in [0.29, 0.717) is 0 Å². The van der Waals surface area contributed by atoms with Crippen LogP contribution in [0.3, 0.4) is 0 Å². The van der Waals surface area contributed by atoms with Crippen molar-refractivity contribution in [1.82, 2.24) is 0 Å². The van der Waals surface area contributed by atoms with E-state index >= 15 is 0 Å². The molecule has 2 heterocycles. The molecule has 6 aromatic carbocycles. The molecule has 2 nitrogen and oxygen atoms in total. The number of fused-ring (bicyclic) bond motifs is 10. The number of benzene rings is 6. The van der Waals surface area contributed by atoms with Gasteiger partial charge in [-0.15, -0.1) is 0 Å². The van der Waals surface area contributed by atoms with Crippen LogP contribution in [-0.2, 0) is 0 Å². The molecule has 0 spiro atoms. The second-order valence-electron chi connectivity index (χ2n) is 13.1. The number of hydrogen-bond acceptors (Lipinski definition) is 2. The molecule has 0 radical (unpaired) electrons. The Hall–Kier alpha value is -5.73. The lowest BCUT2D eigenvalue weighted by atomic mass is 9.78. The summed E-state index contributed by atoms with van der Waals surface area (Å²) >= 11 is 0. The molecule has 0 bridgehead atoms. The highest BCUT2D eigenvalue weighted by atomic mass is 15.3. The van der Waals surface area contributed by atoms with Crippen molar-refractivity contribution in [2.45, 2.75) is 18.5 Å². The van der Waals surface area contributed by atoms with Crippen molar-refractivity contribution in [1.29, 1.82) is 0 Å². The number of amidine groups is 1. The van der Waals surface area contributed by atoms with Gasteiger partial charge in [0.25, 0.3) is 0 Å². The Labute approximate surface area is 275 Å². The molecular formula is C45H32N2. The summed E-state index contributed by atoms with van der Waals surface area (Å²) < 4.78 is 0. The van der Waals surface area contributed by atoms with Gasteiger partial charge in [0.1, 0.15) is 5.84 Å². The molecule has 0 aromatic heterocycles. The zero-order valence-electron chi connectivity index (χ0n) is 25.9. The normalized spacial score (nSPS) is 20.9. The molecule has 2 unspecified atom stereocenters. The summed E-state index contributed by atoms with van der Waals surface area (Å²) in [6.45, 7) is 0. The van der Waals surface area contributed by atoms with Gasteiger partial charge >= 0.3 is 0 Å². The van der Waals surface area contributed by atoms with E-state index < -0.39 is 0 Å². The van der Waals surface area contributed by atoms with Gasteiger partial charge in [-0.2, -0.15) is 0 Å². The van der Waals surface area contributed by atoms with Crippen LogP contribution in [0.1, 0.15) is 23.1 Å². The first-order chi connectivity index (χ1) is 23.3. The molecule has 0 fully saturated rings. The fourth-order valence-electron chi connectivity index (χ4n) is 8.08. The minimum atomic E-state index is 0.0664. The number of anilines is 1. The number of aliphatic imine (C=N–C) groups is 1. The lowest BCUT2D eigenvalue weighted by Gasteiger charge is -2.35. The van der Waals surface area contributed by atoms with Gasteiger partial charge in [0, 0.05) is 17.0 Å². The number of para-hydroxylation sites is 1. The Morgan fingerprint density at radius 1 is 0.574 bits per heavy atom. The first-order valence-electron chi connectivity index (χ1n) is 16.6. The first-order valence-corrected chi connectivity index (χ1v) is 16.6. The molecule has 6 aromatic rings. The van der Waals surface area contributed by atoms with Crippen LogP contribution < -0.4 is 4.90 Å². The summed E-state index contributed by atoms with van der Waals surface area (Å²) in [6, 6.07) is 48.8. The van der Waals surface area contributed by atoms with E-state index in [2.05, 4.69) is 169 Å². The predicted octanol–water partition coefficient (Wildman–Crippen LogP) is 10.7. The fourth-order valence-corrected chi connectivity index (χ4v) is 8.08. The van der Waals surface area contributed by atoms with Crippen molar-refractivity contribution in [3.05, 3.63) is 186 Å². The van der Waals surface area contributed by atoms with Crippen molar-refractivity contribution < 1.29 is 0 Å². The summed E-state index contributed by atoms with van der Waals surface area (Å²) in [5.74, 6) is 1.33. The highest BCUT2D eigenvalue weighted by Gasteiger charge is 2.41. The summed E-state index contributed by atoms with van der Waals surface area (Å²) in [7, 11) is 0. The Balaban J connectivity index is 1.07. The monoisotopic (exact) mass is 600 g/mol. The lowest BCUT2D eigenvalue weighted by Crippen LogP contribution is -2.41. The second-order valence-corrected chi connectivity index (χ2v) is 13.1. The molecular weight excluding hydrogens is 569 g/mol. The van der Waals surface area contributed by atoms with Crippen LogP contribution in [0.2, 0.25) is 0 Å². The lowest BCUT2D eigenvalue weighted by molar-refractivity contribution is 0.703. The molecule has 3 atom stereocenters. The average molecular weight is 601 g/mol. The van der Waals surface area contributed by atoms with Gasteiger partial charge in [0.05, 0.1) is 17.8 Å². The largest absolute Gasteiger partial charge is 0.316 e. The molecule has 0 amide bonds. The molecule has 47 heavy (non-hydrogen) atoms. The predicted molar refractivity (Wildman–Crippen MR) is 198 cm³/mol. The Bertz CT molecular complexity index is 2420.